The fourth-order valence-electron chi connectivity index (χ4n) is 1.97. The molecule has 2 aromatic rings. The molecule has 0 saturated heterocycles. The third kappa shape index (κ3) is 2.91. The van der Waals surface area contributed by atoms with Crippen LogP contribution < -0.4 is 0 Å². The highest BCUT2D eigenvalue weighted by Crippen LogP contribution is 2.26. The normalized spacial score (nSPS) is 11.1. The van der Waals surface area contributed by atoms with Crippen LogP contribution in [0.2, 0.25) is 0 Å². The van der Waals surface area contributed by atoms with E-state index in [-0.39, 0.29) is 0 Å². The molecule has 0 aliphatic rings. The molecule has 2 rings (SSSR count). The van der Waals surface area contributed by atoms with Gasteiger partial charge in [0.15, 0.2) is 0 Å². The van der Waals surface area contributed by atoms with Crippen LogP contribution in [0.25, 0.3) is 17.3 Å². The maximum atomic E-state index is 10.5. The van der Waals surface area contributed by atoms with E-state index in [0.717, 1.165) is 28.6 Å². The molecule has 0 aliphatic heterocycles. The molecule has 1 aromatic heterocycles. The second-order valence-corrected chi connectivity index (χ2v) is 4.59. The highest BCUT2D eigenvalue weighted by molar-refractivity contribution is 5.84. The molecule has 2 N–H and O–H groups in total. The summed E-state index contributed by atoms with van der Waals surface area (Å²) in [5.41, 5.74) is 5.19. The first kappa shape index (κ1) is 13.1. The number of carbonyl (C=O) groups is 1. The Bertz CT molecular complexity index is 654. The summed E-state index contributed by atoms with van der Waals surface area (Å²) in [6.45, 7) is 6.01. The van der Waals surface area contributed by atoms with Crippen molar-refractivity contribution in [1.29, 1.82) is 0 Å². The van der Waals surface area contributed by atoms with E-state index in [0.29, 0.717) is 5.82 Å². The van der Waals surface area contributed by atoms with Gasteiger partial charge >= 0.3 is 5.97 Å². The van der Waals surface area contributed by atoms with Crippen LogP contribution in [0.5, 0.6) is 0 Å². The lowest BCUT2D eigenvalue weighted by Gasteiger charge is -2.05. The number of aliphatic carboxylic acids is 1. The molecule has 0 radical (unpaired) electrons. The van der Waals surface area contributed by atoms with E-state index in [1.54, 1.807) is 0 Å². The number of hydrogen-bond acceptors (Lipinski definition) is 2. The third-order valence-electron chi connectivity index (χ3n) is 2.94. The summed E-state index contributed by atoms with van der Waals surface area (Å²) in [6.07, 6.45) is 2.54. The number of carboxylic acid groups (broad SMARTS) is 1. The van der Waals surface area contributed by atoms with Gasteiger partial charge in [-0.05, 0) is 38.5 Å². The molecule has 1 heterocycles. The number of rotatable bonds is 3. The number of H-pyrrole nitrogens is 1. The van der Waals surface area contributed by atoms with Crippen LogP contribution in [-0.2, 0) is 4.79 Å². The molecule has 1 aromatic carbocycles. The number of carboxylic acids is 1. The van der Waals surface area contributed by atoms with E-state index in [9.17, 15) is 4.79 Å². The van der Waals surface area contributed by atoms with Crippen molar-refractivity contribution in [3.8, 4) is 11.3 Å². The van der Waals surface area contributed by atoms with Crippen LogP contribution in [0.3, 0.4) is 0 Å². The Morgan fingerprint density at radius 1 is 1.32 bits per heavy atom. The molecule has 4 nitrogen and oxygen atoms in total. The summed E-state index contributed by atoms with van der Waals surface area (Å²) < 4.78 is 0. The number of imidazole rings is 1. The van der Waals surface area contributed by atoms with Gasteiger partial charge in [0.05, 0.1) is 5.69 Å². The van der Waals surface area contributed by atoms with Crippen LogP contribution in [0, 0.1) is 20.8 Å². The number of aromatic nitrogens is 2. The lowest BCUT2D eigenvalue weighted by Crippen LogP contribution is -1.88. The zero-order chi connectivity index (χ0) is 14.0. The Morgan fingerprint density at radius 3 is 2.74 bits per heavy atom. The van der Waals surface area contributed by atoms with Crippen molar-refractivity contribution in [2.75, 3.05) is 0 Å². The molecule has 0 saturated carbocycles. The Hall–Kier alpha value is -2.36. The number of aryl methyl sites for hydroxylation is 3. The molecule has 0 bridgehead atoms. The standard InChI is InChI=1S/C15H16N2O2/c1-9-4-5-10(2)12(8-9)15-11(3)16-13(17-15)6-7-14(18)19/h4-8H,1-3H3,(H,16,17)(H,18,19)/b7-6+. The molecule has 0 atom stereocenters. The predicted octanol–water partition coefficient (Wildman–Crippen LogP) is 3.10. The lowest BCUT2D eigenvalue weighted by atomic mass is 10.0. The minimum atomic E-state index is -0.984. The van der Waals surface area contributed by atoms with Crippen LogP contribution >= 0.6 is 0 Å². The topological polar surface area (TPSA) is 66.0 Å². The van der Waals surface area contributed by atoms with E-state index < -0.39 is 5.97 Å². The summed E-state index contributed by atoms with van der Waals surface area (Å²) in [4.78, 5) is 18.0. The van der Waals surface area contributed by atoms with Gasteiger partial charge in [0.25, 0.3) is 0 Å². The number of aromatic amines is 1. The summed E-state index contributed by atoms with van der Waals surface area (Å²) >= 11 is 0. The molecular formula is C15H16N2O2. The molecule has 0 spiro atoms. The quantitative estimate of drug-likeness (QED) is 0.829. The van der Waals surface area contributed by atoms with E-state index in [2.05, 4.69) is 28.2 Å². The summed E-state index contributed by atoms with van der Waals surface area (Å²) in [6, 6.07) is 6.21. The van der Waals surface area contributed by atoms with Crippen molar-refractivity contribution in [2.24, 2.45) is 0 Å². The minimum Gasteiger partial charge on any atom is -0.478 e. The number of hydrogen-bond donors (Lipinski definition) is 2. The second kappa shape index (κ2) is 5.10. The van der Waals surface area contributed by atoms with Crippen LogP contribution in [-0.4, -0.2) is 21.0 Å². The van der Waals surface area contributed by atoms with Crippen molar-refractivity contribution >= 4 is 12.0 Å². The molecule has 4 heteroatoms. The fourth-order valence-corrected chi connectivity index (χ4v) is 1.97. The Kier molecular flexibility index (Phi) is 3.51. The van der Waals surface area contributed by atoms with Gasteiger partial charge in [0.2, 0.25) is 0 Å². The van der Waals surface area contributed by atoms with Gasteiger partial charge < -0.3 is 10.1 Å². The third-order valence-corrected chi connectivity index (χ3v) is 2.94. The van der Waals surface area contributed by atoms with Crippen molar-refractivity contribution in [1.82, 2.24) is 9.97 Å². The zero-order valence-corrected chi connectivity index (χ0v) is 11.2. The van der Waals surface area contributed by atoms with E-state index in [1.807, 2.05) is 20.8 Å². The minimum absolute atomic E-state index is 0.552. The van der Waals surface area contributed by atoms with E-state index in [4.69, 9.17) is 5.11 Å². The zero-order valence-electron chi connectivity index (χ0n) is 11.2. The maximum absolute atomic E-state index is 10.5. The summed E-state index contributed by atoms with van der Waals surface area (Å²) in [5.74, 6) is -0.432. The average molecular weight is 256 g/mol. The molecule has 0 fully saturated rings. The van der Waals surface area contributed by atoms with Crippen molar-refractivity contribution in [3.63, 3.8) is 0 Å². The molecule has 0 aliphatic carbocycles. The molecular weight excluding hydrogens is 240 g/mol. The van der Waals surface area contributed by atoms with Gasteiger partial charge in [-0.2, -0.15) is 0 Å². The van der Waals surface area contributed by atoms with Gasteiger partial charge in [0, 0.05) is 17.3 Å². The molecule has 19 heavy (non-hydrogen) atoms. The van der Waals surface area contributed by atoms with Gasteiger partial charge in [-0.1, -0.05) is 17.7 Å². The summed E-state index contributed by atoms with van der Waals surface area (Å²) in [7, 11) is 0. The number of nitrogens with one attached hydrogen (secondary N) is 1. The predicted molar refractivity (Wildman–Crippen MR) is 74.9 cm³/mol. The lowest BCUT2D eigenvalue weighted by molar-refractivity contribution is -0.131. The van der Waals surface area contributed by atoms with Gasteiger partial charge in [0.1, 0.15) is 5.82 Å². The summed E-state index contributed by atoms with van der Waals surface area (Å²) in [5, 5.41) is 8.62. The maximum Gasteiger partial charge on any atom is 0.328 e. The van der Waals surface area contributed by atoms with Crippen molar-refractivity contribution < 1.29 is 9.90 Å². The Morgan fingerprint density at radius 2 is 2.05 bits per heavy atom. The smallest absolute Gasteiger partial charge is 0.328 e. The molecule has 0 amide bonds. The number of nitrogens with zero attached hydrogens (tertiary/aromatic N) is 1. The SMILES string of the molecule is Cc1ccc(C)c(-c2nc(/C=C/C(=O)O)[nH]c2C)c1. The van der Waals surface area contributed by atoms with E-state index in [1.165, 1.54) is 11.6 Å². The van der Waals surface area contributed by atoms with Gasteiger partial charge in [-0.3, -0.25) is 0 Å². The van der Waals surface area contributed by atoms with Crippen molar-refractivity contribution in [2.45, 2.75) is 20.8 Å². The Balaban J connectivity index is 2.46. The second-order valence-electron chi connectivity index (χ2n) is 4.59. The monoisotopic (exact) mass is 256 g/mol. The van der Waals surface area contributed by atoms with Gasteiger partial charge in [-0.25, -0.2) is 9.78 Å². The highest BCUT2D eigenvalue weighted by Gasteiger charge is 2.10. The first-order valence-corrected chi connectivity index (χ1v) is 6.02. The fraction of sp³-hybridized carbons (Fsp3) is 0.200. The molecule has 98 valence electrons. The van der Waals surface area contributed by atoms with Crippen molar-refractivity contribution in [3.05, 3.63) is 46.9 Å². The van der Waals surface area contributed by atoms with E-state index >= 15 is 0 Å². The van der Waals surface area contributed by atoms with Crippen LogP contribution in [0.15, 0.2) is 24.3 Å². The first-order valence-electron chi connectivity index (χ1n) is 6.02. The Labute approximate surface area is 111 Å². The first-order chi connectivity index (χ1) is 8.97. The van der Waals surface area contributed by atoms with Gasteiger partial charge in [-0.15, -0.1) is 0 Å². The highest BCUT2D eigenvalue weighted by atomic mass is 16.4. The van der Waals surface area contributed by atoms with Crippen LogP contribution in [0.1, 0.15) is 22.6 Å². The van der Waals surface area contributed by atoms with Crippen LogP contribution in [0.4, 0.5) is 0 Å². The average Bonchev–Trinajstić information content (AvgIpc) is 2.71. The molecule has 0 unspecified atom stereocenters. The largest absolute Gasteiger partial charge is 0.478 e. The number of benzene rings is 1.